The summed E-state index contributed by atoms with van der Waals surface area (Å²) in [6.45, 7) is 0.751. The van der Waals surface area contributed by atoms with Crippen LogP contribution in [0.15, 0.2) is 18.2 Å². The molecule has 3 rings (SSSR count). The minimum absolute atomic E-state index is 0.155. The molecule has 1 aromatic rings. The number of piperazine rings is 1. The predicted octanol–water partition coefficient (Wildman–Crippen LogP) is 2.44. The Morgan fingerprint density at radius 1 is 1.04 bits per heavy atom. The molecule has 0 bridgehead atoms. The molecule has 126 valence electrons. The molecule has 0 aliphatic carbocycles. The van der Waals surface area contributed by atoms with Gasteiger partial charge >= 0.3 is 18.3 Å². The van der Waals surface area contributed by atoms with Crippen molar-refractivity contribution in [2.24, 2.45) is 0 Å². The number of hydrogen-bond acceptors (Lipinski definition) is 4. The predicted molar refractivity (Wildman–Crippen MR) is 69.4 cm³/mol. The summed E-state index contributed by atoms with van der Waals surface area (Å²) in [5, 5.41) is 8.89. The first-order chi connectivity index (χ1) is 10.7. The van der Waals surface area contributed by atoms with Crippen molar-refractivity contribution in [1.29, 1.82) is 0 Å². The van der Waals surface area contributed by atoms with Crippen LogP contribution in [0.3, 0.4) is 0 Å². The molecule has 2 aliphatic heterocycles. The highest BCUT2D eigenvalue weighted by Gasteiger charge is 2.66. The van der Waals surface area contributed by atoms with Gasteiger partial charge in [0.2, 0.25) is 0 Å². The third-order valence-corrected chi connectivity index (χ3v) is 3.66. The number of amides is 1. The van der Waals surface area contributed by atoms with Crippen LogP contribution in [0, 0.1) is 0 Å². The number of ether oxygens (including phenoxy) is 2. The lowest BCUT2D eigenvalue weighted by Crippen LogP contribution is -2.53. The minimum atomic E-state index is -4.79. The molecule has 0 aromatic heterocycles. The number of alkyl halides is 4. The summed E-state index contributed by atoms with van der Waals surface area (Å²) in [5.41, 5.74) is 0.155. The molecule has 6 nitrogen and oxygen atoms in total. The van der Waals surface area contributed by atoms with Crippen molar-refractivity contribution in [3.63, 3.8) is 0 Å². The van der Waals surface area contributed by atoms with Gasteiger partial charge in [0.25, 0.3) is 0 Å². The Morgan fingerprint density at radius 3 is 2.26 bits per heavy atom. The van der Waals surface area contributed by atoms with E-state index in [4.69, 9.17) is 5.11 Å². The summed E-state index contributed by atoms with van der Waals surface area (Å²) >= 11 is 0. The van der Waals surface area contributed by atoms with E-state index in [1.54, 1.807) is 4.90 Å². The molecule has 1 N–H and O–H groups in total. The normalized spacial score (nSPS) is 21.9. The fourth-order valence-corrected chi connectivity index (χ4v) is 2.46. The average Bonchev–Trinajstić information content (AvgIpc) is 2.47. The van der Waals surface area contributed by atoms with E-state index in [1.165, 1.54) is 17.0 Å². The van der Waals surface area contributed by atoms with E-state index in [9.17, 15) is 22.4 Å². The fourth-order valence-electron chi connectivity index (χ4n) is 2.46. The van der Waals surface area contributed by atoms with Gasteiger partial charge in [-0.25, -0.2) is 4.79 Å². The Kier molecular flexibility index (Phi) is 3.42. The third-order valence-electron chi connectivity index (χ3n) is 3.66. The smallest absolute Gasteiger partial charge is 0.465 e. The van der Waals surface area contributed by atoms with Crippen molar-refractivity contribution in [2.75, 3.05) is 31.1 Å². The molecule has 1 saturated heterocycles. The number of nitrogens with zero attached hydrogens (tertiary/aromatic N) is 2. The molecule has 0 saturated carbocycles. The number of benzene rings is 1. The summed E-state index contributed by atoms with van der Waals surface area (Å²) < 4.78 is 61.4. The Bertz CT molecular complexity index is 632. The third kappa shape index (κ3) is 2.57. The Hall–Kier alpha value is -2.39. The lowest BCUT2D eigenvalue weighted by atomic mass is 10.2. The molecule has 1 amide bonds. The number of fused-ring (bicyclic) bond motifs is 1. The second-order valence-corrected chi connectivity index (χ2v) is 5.10. The summed E-state index contributed by atoms with van der Waals surface area (Å²) in [6.07, 6.45) is -10.6. The highest BCUT2D eigenvalue weighted by Crippen LogP contribution is 2.50. The minimum Gasteiger partial charge on any atom is -0.465 e. The van der Waals surface area contributed by atoms with E-state index in [1.807, 2.05) is 0 Å². The molecule has 0 unspecified atom stereocenters. The second-order valence-electron chi connectivity index (χ2n) is 5.10. The van der Waals surface area contributed by atoms with Gasteiger partial charge in [0.1, 0.15) is 0 Å². The van der Waals surface area contributed by atoms with E-state index >= 15 is 0 Å². The SMILES string of the molecule is O=C(O)N1CCN(c2cccc3c2OC(F)(F)C(F)(F)O3)CC1. The van der Waals surface area contributed by atoms with Gasteiger partial charge in [0.15, 0.2) is 11.5 Å². The number of para-hydroxylation sites is 1. The van der Waals surface area contributed by atoms with Crippen LogP contribution < -0.4 is 14.4 Å². The van der Waals surface area contributed by atoms with Gasteiger partial charge in [0, 0.05) is 26.2 Å². The van der Waals surface area contributed by atoms with Crippen molar-refractivity contribution < 1.29 is 36.9 Å². The van der Waals surface area contributed by atoms with Gasteiger partial charge in [-0.3, -0.25) is 0 Å². The van der Waals surface area contributed by atoms with Crippen molar-refractivity contribution in [3.05, 3.63) is 18.2 Å². The van der Waals surface area contributed by atoms with Gasteiger partial charge in [0.05, 0.1) is 5.69 Å². The van der Waals surface area contributed by atoms with E-state index in [0.29, 0.717) is 0 Å². The zero-order valence-electron chi connectivity index (χ0n) is 11.6. The van der Waals surface area contributed by atoms with Crippen molar-refractivity contribution in [2.45, 2.75) is 12.2 Å². The van der Waals surface area contributed by atoms with E-state index < -0.39 is 29.8 Å². The van der Waals surface area contributed by atoms with Crippen LogP contribution in [-0.4, -0.2) is 54.5 Å². The van der Waals surface area contributed by atoms with Gasteiger partial charge in [-0.1, -0.05) is 6.07 Å². The molecule has 1 fully saturated rings. The second kappa shape index (κ2) is 5.07. The van der Waals surface area contributed by atoms with Crippen molar-refractivity contribution in [3.8, 4) is 11.5 Å². The quantitative estimate of drug-likeness (QED) is 0.798. The maximum Gasteiger partial charge on any atom is 0.507 e. The van der Waals surface area contributed by atoms with Crippen molar-refractivity contribution in [1.82, 2.24) is 4.90 Å². The van der Waals surface area contributed by atoms with Gasteiger partial charge in [-0.05, 0) is 12.1 Å². The lowest BCUT2D eigenvalue weighted by molar-refractivity contribution is -0.391. The number of carbonyl (C=O) groups is 1. The largest absolute Gasteiger partial charge is 0.507 e. The highest BCUT2D eigenvalue weighted by atomic mass is 19.3. The first kappa shape index (κ1) is 15.5. The number of carboxylic acid groups (broad SMARTS) is 1. The highest BCUT2D eigenvalue weighted by molar-refractivity contribution is 5.68. The van der Waals surface area contributed by atoms with Gasteiger partial charge < -0.3 is 24.4 Å². The number of anilines is 1. The number of halogens is 4. The lowest BCUT2D eigenvalue weighted by Gasteiger charge is -2.38. The summed E-state index contributed by atoms with van der Waals surface area (Å²) in [5.74, 6) is -0.966. The van der Waals surface area contributed by atoms with Crippen LogP contribution in [0.1, 0.15) is 0 Å². The molecule has 0 radical (unpaired) electrons. The zero-order chi connectivity index (χ0) is 16.8. The Morgan fingerprint density at radius 2 is 1.65 bits per heavy atom. The Labute approximate surface area is 127 Å². The van der Waals surface area contributed by atoms with Gasteiger partial charge in [-0.15, -0.1) is 0 Å². The Balaban J connectivity index is 1.88. The molecule has 23 heavy (non-hydrogen) atoms. The zero-order valence-corrected chi connectivity index (χ0v) is 11.6. The van der Waals surface area contributed by atoms with Crippen LogP contribution in [-0.2, 0) is 0 Å². The molecule has 2 aliphatic rings. The standard InChI is InChI=1S/C13H12F4N2O4/c14-12(15)13(16,17)23-10-8(2-1-3-9(10)22-12)18-4-6-19(7-5-18)11(20)21/h1-3H,4-7H2,(H,20,21). The molecular weight excluding hydrogens is 324 g/mol. The molecule has 0 atom stereocenters. The van der Waals surface area contributed by atoms with Crippen LogP contribution in [0.25, 0.3) is 0 Å². The maximum absolute atomic E-state index is 13.4. The monoisotopic (exact) mass is 336 g/mol. The fraction of sp³-hybridized carbons (Fsp3) is 0.462. The topological polar surface area (TPSA) is 62.2 Å². The number of rotatable bonds is 1. The molecular formula is C13H12F4N2O4. The van der Waals surface area contributed by atoms with Crippen LogP contribution in [0.2, 0.25) is 0 Å². The molecule has 1 aromatic carbocycles. The van der Waals surface area contributed by atoms with Crippen LogP contribution >= 0.6 is 0 Å². The first-order valence-electron chi connectivity index (χ1n) is 6.71. The van der Waals surface area contributed by atoms with Crippen LogP contribution in [0.5, 0.6) is 11.5 Å². The van der Waals surface area contributed by atoms with E-state index in [-0.39, 0.29) is 31.9 Å². The van der Waals surface area contributed by atoms with Gasteiger partial charge in [-0.2, -0.15) is 17.6 Å². The first-order valence-corrected chi connectivity index (χ1v) is 6.71. The van der Waals surface area contributed by atoms with E-state index in [0.717, 1.165) is 6.07 Å². The van der Waals surface area contributed by atoms with Crippen molar-refractivity contribution >= 4 is 11.8 Å². The average molecular weight is 336 g/mol. The maximum atomic E-state index is 13.4. The van der Waals surface area contributed by atoms with E-state index in [2.05, 4.69) is 9.47 Å². The molecule has 2 heterocycles. The number of hydrogen-bond donors (Lipinski definition) is 1. The molecule has 10 heteroatoms. The molecule has 0 spiro atoms. The summed E-state index contributed by atoms with van der Waals surface area (Å²) in [4.78, 5) is 13.6. The summed E-state index contributed by atoms with van der Waals surface area (Å²) in [7, 11) is 0. The van der Waals surface area contributed by atoms with Crippen LogP contribution in [0.4, 0.5) is 28.0 Å². The summed E-state index contributed by atoms with van der Waals surface area (Å²) in [6, 6.07) is 3.91.